The minimum atomic E-state index is -0.206. The van der Waals surface area contributed by atoms with Gasteiger partial charge >= 0.3 is 0 Å². The summed E-state index contributed by atoms with van der Waals surface area (Å²) < 4.78 is 2.18. The lowest BCUT2D eigenvalue weighted by atomic mass is 10.3. The molecule has 0 bridgehead atoms. The fourth-order valence-electron chi connectivity index (χ4n) is 1.79. The van der Waals surface area contributed by atoms with Crippen molar-refractivity contribution in [3.63, 3.8) is 0 Å². The zero-order valence-electron chi connectivity index (χ0n) is 9.06. The van der Waals surface area contributed by atoms with Crippen LogP contribution in [0.5, 0.6) is 0 Å². The first-order chi connectivity index (χ1) is 8.66. The van der Waals surface area contributed by atoms with E-state index in [0.717, 1.165) is 5.69 Å². The van der Waals surface area contributed by atoms with Crippen molar-refractivity contribution in [1.82, 2.24) is 19.7 Å². The molecule has 0 aliphatic carbocycles. The van der Waals surface area contributed by atoms with Crippen LogP contribution in [0.4, 0.5) is 0 Å². The fraction of sp³-hybridized carbons (Fsp3) is 0. The summed E-state index contributed by atoms with van der Waals surface area (Å²) in [6.07, 6.45) is 0. The highest BCUT2D eigenvalue weighted by Gasteiger charge is 2.09. The Morgan fingerprint density at radius 3 is 2.44 bits per heavy atom. The van der Waals surface area contributed by atoms with Crippen LogP contribution in [0.25, 0.3) is 16.7 Å². The van der Waals surface area contributed by atoms with Gasteiger partial charge in [0.05, 0.1) is 5.69 Å². The van der Waals surface area contributed by atoms with Crippen molar-refractivity contribution in [3.8, 4) is 5.69 Å². The lowest BCUT2D eigenvalue weighted by Gasteiger charge is -1.98. The molecule has 3 aromatic rings. The maximum atomic E-state index is 12.2. The number of para-hydroxylation sites is 1. The summed E-state index contributed by atoms with van der Waals surface area (Å²) >= 11 is 10.1. The van der Waals surface area contributed by atoms with Crippen molar-refractivity contribution in [1.29, 1.82) is 0 Å². The minimum Gasteiger partial charge on any atom is -0.326 e. The number of hydrogen-bond donors (Lipinski definition) is 3. The zero-order valence-corrected chi connectivity index (χ0v) is 10.7. The molecule has 90 valence electrons. The molecule has 0 atom stereocenters. The molecule has 0 amide bonds. The van der Waals surface area contributed by atoms with Crippen LogP contribution >= 0.6 is 24.4 Å². The summed E-state index contributed by atoms with van der Waals surface area (Å²) in [5.41, 5.74) is 1.47. The number of rotatable bonds is 1. The second-order valence-electron chi connectivity index (χ2n) is 3.75. The van der Waals surface area contributed by atoms with E-state index in [1.807, 2.05) is 30.3 Å². The van der Waals surface area contributed by atoms with E-state index in [-0.39, 0.29) is 5.56 Å². The lowest BCUT2D eigenvalue weighted by Crippen LogP contribution is -2.14. The maximum absolute atomic E-state index is 12.2. The summed E-state index contributed by atoms with van der Waals surface area (Å²) in [4.78, 5) is 17.8. The van der Waals surface area contributed by atoms with Crippen molar-refractivity contribution >= 4 is 35.5 Å². The number of hydrogen-bond acceptors (Lipinski definition) is 3. The molecule has 0 unspecified atom stereocenters. The van der Waals surface area contributed by atoms with E-state index in [2.05, 4.69) is 15.1 Å². The first-order valence-electron chi connectivity index (χ1n) is 5.19. The normalized spacial score (nSPS) is 10.9. The maximum Gasteiger partial charge on any atom is 0.295 e. The molecule has 0 saturated carbocycles. The molecule has 5 nitrogen and oxygen atoms in total. The van der Waals surface area contributed by atoms with Crippen LogP contribution in [-0.2, 0) is 0 Å². The van der Waals surface area contributed by atoms with Gasteiger partial charge in [0, 0.05) is 0 Å². The topological polar surface area (TPSA) is 69.4 Å². The van der Waals surface area contributed by atoms with Gasteiger partial charge in [-0.05, 0) is 24.4 Å². The minimum absolute atomic E-state index is 0.206. The Morgan fingerprint density at radius 1 is 1.00 bits per heavy atom. The summed E-state index contributed by atoms with van der Waals surface area (Å²) in [5, 5.41) is 2.97. The number of aromatic amines is 3. The fourth-order valence-corrected chi connectivity index (χ4v) is 2.31. The highest BCUT2D eigenvalue weighted by Crippen LogP contribution is 2.09. The Morgan fingerprint density at radius 2 is 1.72 bits per heavy atom. The average molecular weight is 276 g/mol. The molecule has 18 heavy (non-hydrogen) atoms. The van der Waals surface area contributed by atoms with E-state index in [9.17, 15) is 4.79 Å². The monoisotopic (exact) mass is 276 g/mol. The number of benzene rings is 1. The lowest BCUT2D eigenvalue weighted by molar-refractivity contribution is 0.862. The summed E-state index contributed by atoms with van der Waals surface area (Å²) in [7, 11) is 0. The van der Waals surface area contributed by atoms with E-state index < -0.39 is 0 Å². The van der Waals surface area contributed by atoms with Crippen LogP contribution < -0.4 is 5.56 Å². The number of aromatic nitrogens is 4. The predicted octanol–water partition coefficient (Wildman–Crippen LogP) is 2.43. The van der Waals surface area contributed by atoms with Crippen LogP contribution in [0.3, 0.4) is 0 Å². The Hall–Kier alpha value is -1.99. The smallest absolute Gasteiger partial charge is 0.295 e. The SMILES string of the molecule is O=c1c2[nH]c(=S)[nH]c(=S)c2[nH]n1-c1ccccc1. The van der Waals surface area contributed by atoms with Crippen LogP contribution in [0, 0.1) is 9.41 Å². The van der Waals surface area contributed by atoms with Gasteiger partial charge in [0.25, 0.3) is 5.56 Å². The summed E-state index contributed by atoms with van der Waals surface area (Å²) in [6, 6.07) is 9.26. The van der Waals surface area contributed by atoms with Crippen LogP contribution in [-0.4, -0.2) is 19.7 Å². The van der Waals surface area contributed by atoms with Gasteiger partial charge in [0.2, 0.25) is 0 Å². The third-order valence-corrected chi connectivity index (χ3v) is 3.11. The molecule has 0 saturated heterocycles. The molecular formula is C11H8N4OS2. The molecule has 0 aliphatic rings. The van der Waals surface area contributed by atoms with Gasteiger partial charge in [-0.15, -0.1) is 0 Å². The van der Waals surface area contributed by atoms with Crippen molar-refractivity contribution in [2.24, 2.45) is 0 Å². The second-order valence-corrected chi connectivity index (χ2v) is 4.56. The molecule has 0 fully saturated rings. The predicted molar refractivity (Wildman–Crippen MR) is 74.3 cm³/mol. The third-order valence-electron chi connectivity index (χ3n) is 2.60. The molecular weight excluding hydrogens is 268 g/mol. The largest absolute Gasteiger partial charge is 0.326 e. The number of H-pyrrole nitrogens is 3. The van der Waals surface area contributed by atoms with Crippen LogP contribution in [0.15, 0.2) is 35.1 Å². The molecule has 0 aliphatic heterocycles. The second kappa shape index (κ2) is 4.04. The van der Waals surface area contributed by atoms with Crippen molar-refractivity contribution < 1.29 is 0 Å². The highest BCUT2D eigenvalue weighted by atomic mass is 32.1. The Labute approximate surface area is 111 Å². The van der Waals surface area contributed by atoms with E-state index in [1.54, 1.807) is 0 Å². The Kier molecular flexibility index (Phi) is 2.49. The zero-order chi connectivity index (χ0) is 12.7. The van der Waals surface area contributed by atoms with Gasteiger partial charge in [-0.2, -0.15) is 0 Å². The molecule has 2 heterocycles. The Bertz CT molecular complexity index is 885. The van der Waals surface area contributed by atoms with Gasteiger partial charge in [-0.3, -0.25) is 9.89 Å². The molecule has 3 N–H and O–H groups in total. The number of nitrogens with zero attached hydrogens (tertiary/aromatic N) is 1. The van der Waals surface area contributed by atoms with Gasteiger partial charge in [0.1, 0.15) is 15.7 Å². The highest BCUT2D eigenvalue weighted by molar-refractivity contribution is 7.72. The number of fused-ring (bicyclic) bond motifs is 1. The summed E-state index contributed by atoms with van der Waals surface area (Å²) in [5.74, 6) is 0. The van der Waals surface area contributed by atoms with Crippen molar-refractivity contribution in [2.75, 3.05) is 0 Å². The quantitative estimate of drug-likeness (QED) is 0.598. The van der Waals surface area contributed by atoms with Gasteiger partial charge < -0.3 is 9.97 Å². The standard InChI is InChI=1S/C11H8N4OS2/c16-10-8-7(9(17)13-11(18)12-8)14-15(10)6-4-2-1-3-5-6/h1-5,14H,(H2,12,13,17,18). The van der Waals surface area contributed by atoms with Crippen LogP contribution in [0.2, 0.25) is 0 Å². The Balaban J connectivity index is 2.44. The molecule has 7 heteroatoms. The van der Waals surface area contributed by atoms with Gasteiger partial charge in [-0.25, -0.2) is 4.68 Å². The van der Waals surface area contributed by atoms with E-state index in [1.165, 1.54) is 4.68 Å². The molecule has 0 spiro atoms. The van der Waals surface area contributed by atoms with E-state index in [0.29, 0.717) is 20.4 Å². The third kappa shape index (κ3) is 1.64. The van der Waals surface area contributed by atoms with E-state index in [4.69, 9.17) is 24.4 Å². The molecule has 0 radical (unpaired) electrons. The molecule has 2 aromatic heterocycles. The summed E-state index contributed by atoms with van der Waals surface area (Å²) in [6.45, 7) is 0. The van der Waals surface area contributed by atoms with Gasteiger partial charge in [0.15, 0.2) is 4.77 Å². The number of nitrogens with one attached hydrogen (secondary N) is 3. The van der Waals surface area contributed by atoms with Gasteiger partial charge in [-0.1, -0.05) is 30.4 Å². The average Bonchev–Trinajstić information content (AvgIpc) is 2.69. The first-order valence-corrected chi connectivity index (χ1v) is 6.01. The molecule has 3 rings (SSSR count). The van der Waals surface area contributed by atoms with Crippen molar-refractivity contribution in [3.05, 3.63) is 50.1 Å². The first kappa shape index (κ1) is 11.1. The van der Waals surface area contributed by atoms with E-state index >= 15 is 0 Å². The van der Waals surface area contributed by atoms with Crippen molar-refractivity contribution in [2.45, 2.75) is 0 Å². The molecule has 1 aromatic carbocycles. The van der Waals surface area contributed by atoms with Crippen LogP contribution in [0.1, 0.15) is 0 Å².